The highest BCUT2D eigenvalue weighted by molar-refractivity contribution is 7.90. The summed E-state index contributed by atoms with van der Waals surface area (Å²) in [5.41, 5.74) is 1.05. The molecule has 0 unspecified atom stereocenters. The number of Topliss-reactive ketones (excluding diaryl/α,β-unsaturated/α-hetero) is 1. The number of nitrogens with one attached hydrogen (secondary N) is 1. The molecule has 0 amide bonds. The third-order valence-corrected chi connectivity index (χ3v) is 6.42. The summed E-state index contributed by atoms with van der Waals surface area (Å²) < 4.78 is 47.9. The standard InChI is InChI=1S/C23H25FN2O5S/c1-25-14-17-12-23(21-9-2-3-10-22(21)24)26(15-17)32(29,30)20-8-4-7-19(13-20)31-16-18(28)6-5-11-27/h2-4,7-10,12-13,15,25,27H,5-6,11,14,16H2,1H3. The Balaban J connectivity index is 1.96. The molecule has 0 fully saturated rings. The van der Waals surface area contributed by atoms with Gasteiger partial charge >= 0.3 is 0 Å². The Hall–Kier alpha value is -3.01. The Morgan fingerprint density at radius 3 is 2.66 bits per heavy atom. The number of rotatable bonds is 11. The van der Waals surface area contributed by atoms with Crippen molar-refractivity contribution >= 4 is 15.8 Å². The van der Waals surface area contributed by atoms with Crippen molar-refractivity contribution in [2.24, 2.45) is 0 Å². The molecule has 0 atom stereocenters. The third-order valence-electron chi connectivity index (χ3n) is 4.75. The Labute approximate surface area is 186 Å². The van der Waals surface area contributed by atoms with Crippen LogP contribution in [0.2, 0.25) is 0 Å². The summed E-state index contributed by atoms with van der Waals surface area (Å²) in [6, 6.07) is 13.4. The molecule has 2 aromatic carbocycles. The van der Waals surface area contributed by atoms with Gasteiger partial charge in [-0.3, -0.25) is 4.79 Å². The van der Waals surface area contributed by atoms with Crippen LogP contribution in [0.3, 0.4) is 0 Å². The Bertz CT molecular complexity index is 1190. The van der Waals surface area contributed by atoms with Gasteiger partial charge in [0, 0.05) is 37.4 Å². The van der Waals surface area contributed by atoms with E-state index < -0.39 is 15.8 Å². The number of benzene rings is 2. The van der Waals surface area contributed by atoms with Gasteiger partial charge in [0.05, 0.1) is 10.6 Å². The van der Waals surface area contributed by atoms with Crippen molar-refractivity contribution < 1.29 is 27.4 Å². The fraction of sp³-hybridized carbons (Fsp3) is 0.261. The number of nitrogens with zero attached hydrogens (tertiary/aromatic N) is 1. The van der Waals surface area contributed by atoms with Gasteiger partial charge in [0.25, 0.3) is 10.0 Å². The van der Waals surface area contributed by atoms with E-state index in [4.69, 9.17) is 9.84 Å². The van der Waals surface area contributed by atoms with Crippen LogP contribution in [0.25, 0.3) is 11.3 Å². The minimum Gasteiger partial charge on any atom is -0.486 e. The monoisotopic (exact) mass is 460 g/mol. The van der Waals surface area contributed by atoms with Crippen LogP contribution in [0.15, 0.2) is 65.7 Å². The first-order valence-corrected chi connectivity index (χ1v) is 11.5. The molecule has 170 valence electrons. The number of carbonyl (C=O) groups excluding carboxylic acids is 1. The molecule has 3 rings (SSSR count). The smallest absolute Gasteiger partial charge is 0.268 e. The van der Waals surface area contributed by atoms with Crippen LogP contribution in [0, 0.1) is 5.82 Å². The molecule has 3 aromatic rings. The molecule has 0 aliphatic carbocycles. The van der Waals surface area contributed by atoms with Gasteiger partial charge < -0.3 is 15.2 Å². The molecule has 0 aliphatic rings. The third kappa shape index (κ3) is 5.42. The largest absolute Gasteiger partial charge is 0.486 e. The molecule has 0 saturated heterocycles. The molecule has 7 nitrogen and oxygen atoms in total. The van der Waals surface area contributed by atoms with E-state index in [0.717, 1.165) is 3.97 Å². The number of ether oxygens (including phenoxy) is 1. The second kappa shape index (κ2) is 10.5. The van der Waals surface area contributed by atoms with E-state index in [9.17, 15) is 17.6 Å². The van der Waals surface area contributed by atoms with Gasteiger partial charge in [-0.05, 0) is 49.4 Å². The number of halogens is 1. The highest BCUT2D eigenvalue weighted by atomic mass is 32.2. The van der Waals surface area contributed by atoms with E-state index >= 15 is 0 Å². The number of carbonyl (C=O) groups is 1. The summed E-state index contributed by atoms with van der Waals surface area (Å²) in [4.78, 5) is 11.7. The lowest BCUT2D eigenvalue weighted by Crippen LogP contribution is -2.15. The van der Waals surface area contributed by atoms with Crippen LogP contribution >= 0.6 is 0 Å². The van der Waals surface area contributed by atoms with Crippen LogP contribution in [0.5, 0.6) is 5.75 Å². The number of hydrogen-bond donors (Lipinski definition) is 2. The highest BCUT2D eigenvalue weighted by Crippen LogP contribution is 2.30. The lowest BCUT2D eigenvalue weighted by molar-refractivity contribution is -0.121. The molecule has 9 heteroatoms. The average molecular weight is 461 g/mol. The van der Waals surface area contributed by atoms with Crippen LogP contribution in [0.1, 0.15) is 18.4 Å². The van der Waals surface area contributed by atoms with Crippen molar-refractivity contribution in [2.75, 3.05) is 20.3 Å². The zero-order chi connectivity index (χ0) is 23.1. The number of ketones is 1. The number of aliphatic hydroxyl groups excluding tert-OH is 1. The van der Waals surface area contributed by atoms with Crippen molar-refractivity contribution in [1.29, 1.82) is 0 Å². The molecule has 32 heavy (non-hydrogen) atoms. The zero-order valence-corrected chi connectivity index (χ0v) is 18.4. The fourth-order valence-corrected chi connectivity index (χ4v) is 4.64. The van der Waals surface area contributed by atoms with Gasteiger partial charge in [-0.25, -0.2) is 16.8 Å². The minimum absolute atomic E-state index is 0.0537. The molecule has 1 aromatic heterocycles. The maximum absolute atomic E-state index is 14.5. The molecule has 0 bridgehead atoms. The van der Waals surface area contributed by atoms with Crippen LogP contribution < -0.4 is 10.1 Å². The lowest BCUT2D eigenvalue weighted by Gasteiger charge is -2.12. The quantitative estimate of drug-likeness (QED) is 0.457. The van der Waals surface area contributed by atoms with Crippen LogP contribution in [-0.2, 0) is 21.4 Å². The maximum Gasteiger partial charge on any atom is 0.268 e. The maximum atomic E-state index is 14.5. The first-order chi connectivity index (χ1) is 15.4. The molecule has 0 spiro atoms. The Morgan fingerprint density at radius 2 is 1.94 bits per heavy atom. The van der Waals surface area contributed by atoms with Crippen molar-refractivity contribution in [1.82, 2.24) is 9.29 Å². The second-order valence-corrected chi connectivity index (χ2v) is 8.99. The molecular weight excluding hydrogens is 435 g/mol. The Morgan fingerprint density at radius 1 is 1.16 bits per heavy atom. The summed E-state index contributed by atoms with van der Waals surface area (Å²) in [6.07, 6.45) is 1.98. The fourth-order valence-electron chi connectivity index (χ4n) is 3.21. The van der Waals surface area contributed by atoms with Gasteiger partial charge in [0.1, 0.15) is 18.2 Å². The summed E-state index contributed by atoms with van der Waals surface area (Å²) in [5, 5.41) is 11.8. The van der Waals surface area contributed by atoms with Crippen molar-refractivity contribution in [3.63, 3.8) is 0 Å². The first kappa shape index (κ1) is 23.6. The van der Waals surface area contributed by atoms with E-state index in [0.29, 0.717) is 18.5 Å². The predicted octanol–water partition coefficient (Wildman–Crippen LogP) is 2.97. The first-order valence-electron chi connectivity index (χ1n) is 10.1. The number of aromatic nitrogens is 1. The number of aliphatic hydroxyl groups is 1. The summed E-state index contributed by atoms with van der Waals surface area (Å²) in [5.74, 6) is -0.508. The van der Waals surface area contributed by atoms with E-state index in [1.807, 2.05) is 0 Å². The SMILES string of the molecule is CNCc1cc(-c2ccccc2F)n(S(=O)(=O)c2cccc(OCC(=O)CCCO)c2)c1. The van der Waals surface area contributed by atoms with E-state index in [-0.39, 0.29) is 47.3 Å². The van der Waals surface area contributed by atoms with Gasteiger partial charge in [0.15, 0.2) is 5.78 Å². The summed E-state index contributed by atoms with van der Waals surface area (Å²) >= 11 is 0. The summed E-state index contributed by atoms with van der Waals surface area (Å²) in [6.45, 7) is 0.0963. The molecular formula is C23H25FN2O5S. The predicted molar refractivity (Wildman–Crippen MR) is 118 cm³/mol. The van der Waals surface area contributed by atoms with Crippen molar-refractivity contribution in [2.45, 2.75) is 24.3 Å². The molecule has 1 heterocycles. The molecule has 2 N–H and O–H groups in total. The number of hydrogen-bond acceptors (Lipinski definition) is 6. The van der Waals surface area contributed by atoms with Crippen LogP contribution in [0.4, 0.5) is 4.39 Å². The topological polar surface area (TPSA) is 97.6 Å². The van der Waals surface area contributed by atoms with Crippen LogP contribution in [-0.4, -0.2) is 43.5 Å². The zero-order valence-electron chi connectivity index (χ0n) is 17.6. The normalized spacial score (nSPS) is 11.5. The van der Waals surface area contributed by atoms with E-state index in [2.05, 4.69) is 5.32 Å². The molecule has 0 radical (unpaired) electrons. The van der Waals surface area contributed by atoms with E-state index in [1.165, 1.54) is 42.6 Å². The van der Waals surface area contributed by atoms with Gasteiger partial charge in [-0.2, -0.15) is 0 Å². The van der Waals surface area contributed by atoms with Gasteiger partial charge in [0.2, 0.25) is 0 Å². The Kier molecular flexibility index (Phi) is 7.79. The second-order valence-electron chi connectivity index (χ2n) is 7.17. The van der Waals surface area contributed by atoms with E-state index in [1.54, 1.807) is 25.2 Å². The molecule has 0 aliphatic heterocycles. The van der Waals surface area contributed by atoms with Gasteiger partial charge in [-0.15, -0.1) is 0 Å². The summed E-state index contributed by atoms with van der Waals surface area (Å²) in [7, 11) is -2.35. The minimum atomic E-state index is -4.08. The van der Waals surface area contributed by atoms with Gasteiger partial charge in [-0.1, -0.05) is 18.2 Å². The lowest BCUT2D eigenvalue weighted by atomic mass is 10.1. The average Bonchev–Trinajstić information content (AvgIpc) is 3.21. The molecule has 0 saturated carbocycles. The van der Waals surface area contributed by atoms with Crippen molar-refractivity contribution in [3.8, 4) is 17.0 Å². The highest BCUT2D eigenvalue weighted by Gasteiger charge is 2.23. The van der Waals surface area contributed by atoms with Crippen molar-refractivity contribution in [3.05, 3.63) is 72.2 Å².